The fraction of sp³-hybridized carbons (Fsp3) is 0.0896. The highest BCUT2D eigenvalue weighted by molar-refractivity contribution is 6.20. The van der Waals surface area contributed by atoms with Crippen LogP contribution >= 0.6 is 0 Å². The Hall–Kier alpha value is -9.13. The third-order valence-corrected chi connectivity index (χ3v) is 16.3. The van der Waals surface area contributed by atoms with Gasteiger partial charge in [-0.25, -0.2) is 15.0 Å². The van der Waals surface area contributed by atoms with Crippen molar-refractivity contribution in [1.82, 2.24) is 24.1 Å². The number of hydrogen-bond acceptors (Lipinski definition) is 4. The highest BCUT2D eigenvalue weighted by Crippen LogP contribution is 2.51. The van der Waals surface area contributed by atoms with Crippen LogP contribution in [-0.4, -0.2) is 24.1 Å². The average Bonchev–Trinajstić information content (AvgIpc) is 4.09. The van der Waals surface area contributed by atoms with Gasteiger partial charge in [0.1, 0.15) is 11.2 Å². The molecular formula is C67H47N5O. The molecule has 0 spiro atoms. The Balaban J connectivity index is 1.05. The average molecular weight is 938 g/mol. The number of benzene rings is 9. The van der Waals surface area contributed by atoms with Gasteiger partial charge in [-0.2, -0.15) is 0 Å². The molecule has 346 valence electrons. The summed E-state index contributed by atoms with van der Waals surface area (Å²) in [6, 6.07) is 65.2. The van der Waals surface area contributed by atoms with E-state index < -0.39 is 0 Å². The lowest BCUT2D eigenvalue weighted by Crippen LogP contribution is -2.35. The predicted octanol–water partition coefficient (Wildman–Crippen LogP) is 17.5. The molecule has 0 fully saturated rings. The maximum atomic E-state index is 6.77. The molecule has 0 aliphatic heterocycles. The van der Waals surface area contributed by atoms with Crippen LogP contribution in [0.4, 0.5) is 0 Å². The van der Waals surface area contributed by atoms with Gasteiger partial charge in [0, 0.05) is 49.3 Å². The van der Waals surface area contributed by atoms with Gasteiger partial charge in [0.15, 0.2) is 17.5 Å². The van der Waals surface area contributed by atoms with Gasteiger partial charge in [-0.1, -0.05) is 172 Å². The Labute approximate surface area is 421 Å². The van der Waals surface area contributed by atoms with Crippen LogP contribution in [0.15, 0.2) is 229 Å². The number of fused-ring (bicyclic) bond motifs is 11. The monoisotopic (exact) mass is 937 g/mol. The number of rotatable bonds is 6. The summed E-state index contributed by atoms with van der Waals surface area (Å²) in [7, 11) is 0. The summed E-state index contributed by atoms with van der Waals surface area (Å²) in [4.78, 5) is 16.8. The van der Waals surface area contributed by atoms with Crippen molar-refractivity contribution >= 4 is 92.7 Å². The van der Waals surface area contributed by atoms with Gasteiger partial charge in [0.25, 0.3) is 0 Å². The minimum Gasteiger partial charge on any atom is -0.456 e. The Bertz CT molecular complexity index is 4510. The number of nitrogens with zero attached hydrogens (tertiary/aromatic N) is 5. The Morgan fingerprint density at radius 2 is 1.05 bits per heavy atom. The molecule has 15 rings (SSSR count). The van der Waals surface area contributed by atoms with E-state index >= 15 is 0 Å². The zero-order chi connectivity index (χ0) is 48.4. The van der Waals surface area contributed by atoms with E-state index in [-0.39, 0.29) is 10.8 Å². The summed E-state index contributed by atoms with van der Waals surface area (Å²) in [6.45, 7) is 4.75. The molecule has 0 saturated carbocycles. The van der Waals surface area contributed by atoms with Gasteiger partial charge in [-0.15, -0.1) is 0 Å². The number of para-hydroxylation sites is 3. The summed E-state index contributed by atoms with van der Waals surface area (Å²) in [6.07, 6.45) is 17.8. The van der Waals surface area contributed by atoms with E-state index in [0.29, 0.717) is 17.5 Å². The largest absolute Gasteiger partial charge is 0.456 e. The zero-order valence-corrected chi connectivity index (χ0v) is 40.4. The molecule has 9 aromatic carbocycles. The second-order valence-electron chi connectivity index (χ2n) is 20.4. The smallest absolute Gasteiger partial charge is 0.166 e. The molecule has 0 amide bonds. The highest BCUT2D eigenvalue weighted by atomic mass is 16.3. The van der Waals surface area contributed by atoms with Gasteiger partial charge in [-0.3, -0.25) is 0 Å². The second-order valence-corrected chi connectivity index (χ2v) is 20.4. The minimum absolute atomic E-state index is 0.0328. The van der Waals surface area contributed by atoms with Crippen LogP contribution < -0.4 is 0 Å². The van der Waals surface area contributed by atoms with Crippen LogP contribution in [0.25, 0.3) is 127 Å². The van der Waals surface area contributed by atoms with Crippen molar-refractivity contribution in [2.75, 3.05) is 0 Å². The van der Waals surface area contributed by atoms with Gasteiger partial charge < -0.3 is 13.6 Å². The molecule has 0 bridgehead atoms. The Kier molecular flexibility index (Phi) is 8.95. The van der Waals surface area contributed by atoms with Crippen LogP contribution in [0.3, 0.4) is 0 Å². The highest BCUT2D eigenvalue weighted by Gasteiger charge is 2.41. The third-order valence-electron chi connectivity index (χ3n) is 16.3. The quantitative estimate of drug-likeness (QED) is 0.167. The van der Waals surface area contributed by atoms with Crippen molar-refractivity contribution in [1.29, 1.82) is 0 Å². The van der Waals surface area contributed by atoms with Gasteiger partial charge in [-0.05, 0) is 112 Å². The molecule has 4 aromatic heterocycles. The van der Waals surface area contributed by atoms with Gasteiger partial charge in [0.05, 0.1) is 33.1 Å². The van der Waals surface area contributed by atoms with Crippen LogP contribution in [0.5, 0.6) is 0 Å². The van der Waals surface area contributed by atoms with E-state index in [0.717, 1.165) is 95.7 Å². The van der Waals surface area contributed by atoms with E-state index in [9.17, 15) is 0 Å². The van der Waals surface area contributed by atoms with Crippen molar-refractivity contribution in [3.8, 4) is 34.2 Å². The van der Waals surface area contributed by atoms with Gasteiger partial charge in [0.2, 0.25) is 0 Å². The van der Waals surface area contributed by atoms with Crippen molar-refractivity contribution in [3.63, 3.8) is 0 Å². The first-order chi connectivity index (χ1) is 35.9. The summed E-state index contributed by atoms with van der Waals surface area (Å²) in [5, 5.41) is 11.3. The summed E-state index contributed by atoms with van der Waals surface area (Å²) >= 11 is 0. The van der Waals surface area contributed by atoms with Gasteiger partial charge >= 0.3 is 0 Å². The van der Waals surface area contributed by atoms with E-state index in [2.05, 4.69) is 241 Å². The molecule has 2 unspecified atom stereocenters. The summed E-state index contributed by atoms with van der Waals surface area (Å²) in [5.41, 5.74) is 10.7. The summed E-state index contributed by atoms with van der Waals surface area (Å²) < 4.78 is 11.6. The molecule has 4 heterocycles. The Morgan fingerprint density at radius 3 is 1.75 bits per heavy atom. The molecule has 2 atom stereocenters. The fourth-order valence-electron chi connectivity index (χ4n) is 12.1. The molecule has 13 aromatic rings. The first-order valence-corrected chi connectivity index (χ1v) is 25.3. The molecule has 0 radical (unpaired) electrons. The van der Waals surface area contributed by atoms with Crippen molar-refractivity contribution in [2.45, 2.75) is 26.7 Å². The molecule has 73 heavy (non-hydrogen) atoms. The SMILES string of the molecule is CC1(C2(C)C=CC(c3nc(-c4ccc5oc6ccccc6c5c4-n4c5cc6ccccc6cc5c5cc6ccccc6cc54)nc(-c4cccc5c4c4ccccc4n5-c4ccccc4)n3)=CC2)C=CC=CC1. The molecule has 0 N–H and O–H groups in total. The van der Waals surface area contributed by atoms with E-state index in [1.54, 1.807) is 0 Å². The lowest BCUT2D eigenvalue weighted by Gasteiger charge is -2.44. The normalized spacial score (nSPS) is 17.9. The minimum atomic E-state index is -0.104. The number of hydrogen-bond donors (Lipinski definition) is 0. The topological polar surface area (TPSA) is 61.7 Å². The van der Waals surface area contributed by atoms with Crippen LogP contribution in [-0.2, 0) is 0 Å². The van der Waals surface area contributed by atoms with Crippen LogP contribution in [0, 0.1) is 10.8 Å². The van der Waals surface area contributed by atoms with E-state index in [1.165, 1.54) is 32.3 Å². The molecule has 6 heteroatoms. The van der Waals surface area contributed by atoms with E-state index in [1.807, 2.05) is 6.07 Å². The van der Waals surface area contributed by atoms with Crippen LogP contribution in [0.2, 0.25) is 0 Å². The molecule has 2 aliphatic rings. The first-order valence-electron chi connectivity index (χ1n) is 25.3. The maximum absolute atomic E-state index is 6.77. The van der Waals surface area contributed by atoms with E-state index in [4.69, 9.17) is 19.4 Å². The standard InChI is InChI=1S/C67H47N5O/c1-66(34-15-4-16-35-66)67(2)36-32-42(33-37-67)63-68-64(50-26-17-28-55-60(50)48-24-11-13-27-54(48)71(55)47-22-5-3-6-23-47)70-65(69-63)51-30-31-59-61(49-25-12-14-29-58(49)73-59)62(51)72-56-40-45-20-9-7-18-43(45)38-52(56)53-39-44-19-8-10-21-46(44)41-57(53)72/h3-34,36,38-41H,35,37H2,1-2H3. The maximum Gasteiger partial charge on any atom is 0.166 e. The lowest BCUT2D eigenvalue weighted by molar-refractivity contribution is 0.184. The van der Waals surface area contributed by atoms with Crippen LogP contribution in [0.1, 0.15) is 32.5 Å². The van der Waals surface area contributed by atoms with Crippen molar-refractivity contribution in [3.05, 3.63) is 230 Å². The number of aromatic nitrogens is 5. The number of allylic oxidation sites excluding steroid dienone is 8. The molecule has 2 aliphatic carbocycles. The molecule has 6 nitrogen and oxygen atoms in total. The number of furan rings is 1. The van der Waals surface area contributed by atoms with Crippen molar-refractivity contribution in [2.24, 2.45) is 10.8 Å². The Morgan fingerprint density at radius 1 is 0.438 bits per heavy atom. The zero-order valence-electron chi connectivity index (χ0n) is 40.4. The lowest BCUT2D eigenvalue weighted by atomic mass is 9.59. The van der Waals surface area contributed by atoms with Crippen molar-refractivity contribution < 1.29 is 4.42 Å². The third kappa shape index (κ3) is 6.26. The summed E-state index contributed by atoms with van der Waals surface area (Å²) in [5.74, 6) is 1.82. The molecule has 0 saturated heterocycles. The fourth-order valence-corrected chi connectivity index (χ4v) is 12.1. The first kappa shape index (κ1) is 41.6. The molecular weight excluding hydrogens is 891 g/mol. The predicted molar refractivity (Wildman–Crippen MR) is 303 cm³/mol. The second kappa shape index (κ2) is 15.7.